The second-order valence-electron chi connectivity index (χ2n) is 15.9. The van der Waals surface area contributed by atoms with Crippen LogP contribution in [0.4, 0.5) is 17.1 Å². The molecule has 1 spiro atoms. The van der Waals surface area contributed by atoms with Gasteiger partial charge in [-0.2, -0.15) is 0 Å². The Kier molecular flexibility index (Phi) is 12.3. The molecule has 2 amide bonds. The van der Waals surface area contributed by atoms with E-state index in [-0.39, 0.29) is 42.6 Å². The molecule has 4 aromatic carbocycles. The van der Waals surface area contributed by atoms with Crippen LogP contribution in [-0.4, -0.2) is 75.7 Å². The standard InChI is InChI=1S/C45H54BrN3O7Si/c1-6-55-35-16-20-39-31(25-35)26-38(47-22-7-8-23-50)43(52)49(39)33-12-9-30(10-13-33)28-48-40-19-11-32(46)27-37(40)45(44(48)53)29(2)42(41(56-45)21-24-51)57(4,5)36-17-14-34(54-3)15-18-36/h9-20,25,27,29,38,41-42,47,50-51H,6-8,21-24,26,28H2,1-5H3/t29-,38?,41+,42-,45+/m0/s1. The molecule has 4 aromatic rings. The summed E-state index contributed by atoms with van der Waals surface area (Å²) in [7, 11) is -0.641. The fraction of sp³-hybridized carbons (Fsp3) is 0.422. The van der Waals surface area contributed by atoms with Crippen LogP contribution in [0.2, 0.25) is 18.6 Å². The maximum Gasteiger partial charge on any atom is 0.264 e. The Hall–Kier alpha value is -4.04. The number of amides is 2. The first kappa shape index (κ1) is 41.1. The number of carbonyl (C=O) groups excluding carboxylic acids is 2. The molecule has 0 saturated carbocycles. The fourth-order valence-corrected chi connectivity index (χ4v) is 13.9. The van der Waals surface area contributed by atoms with Gasteiger partial charge in [-0.05, 0) is 116 Å². The number of anilines is 3. The minimum Gasteiger partial charge on any atom is -0.497 e. The first-order chi connectivity index (χ1) is 27.5. The minimum absolute atomic E-state index is 0.0369. The summed E-state index contributed by atoms with van der Waals surface area (Å²) in [5.41, 5.74) is 3.96. The van der Waals surface area contributed by atoms with E-state index >= 15 is 4.79 Å². The van der Waals surface area contributed by atoms with Gasteiger partial charge in [0.1, 0.15) is 11.5 Å². The van der Waals surface area contributed by atoms with Gasteiger partial charge < -0.3 is 34.6 Å². The summed E-state index contributed by atoms with van der Waals surface area (Å²) in [5, 5.41) is 24.2. The molecule has 0 aromatic heterocycles. The second kappa shape index (κ2) is 17.0. The lowest BCUT2D eigenvalue weighted by Crippen LogP contribution is -2.51. The molecule has 57 heavy (non-hydrogen) atoms. The largest absolute Gasteiger partial charge is 0.497 e. The molecule has 1 saturated heterocycles. The Morgan fingerprint density at radius 2 is 1.65 bits per heavy atom. The third-order valence-electron chi connectivity index (χ3n) is 12.3. The van der Waals surface area contributed by atoms with E-state index in [0.29, 0.717) is 39.0 Å². The lowest BCUT2D eigenvalue weighted by molar-refractivity contribution is -0.146. The highest BCUT2D eigenvalue weighted by Crippen LogP contribution is 2.60. The highest BCUT2D eigenvalue weighted by molar-refractivity contribution is 9.10. The van der Waals surface area contributed by atoms with Gasteiger partial charge in [0.2, 0.25) is 5.91 Å². The number of hydrogen-bond donors (Lipinski definition) is 3. The Morgan fingerprint density at radius 1 is 0.930 bits per heavy atom. The van der Waals surface area contributed by atoms with E-state index in [4.69, 9.17) is 14.2 Å². The van der Waals surface area contributed by atoms with Crippen LogP contribution in [0.5, 0.6) is 11.5 Å². The van der Waals surface area contributed by atoms with Crippen LogP contribution >= 0.6 is 15.9 Å². The van der Waals surface area contributed by atoms with Crippen molar-refractivity contribution in [3.8, 4) is 11.5 Å². The number of nitrogens with zero attached hydrogens (tertiary/aromatic N) is 2. The van der Waals surface area contributed by atoms with E-state index < -0.39 is 19.7 Å². The van der Waals surface area contributed by atoms with Gasteiger partial charge in [0.05, 0.1) is 51.9 Å². The number of hydrogen-bond acceptors (Lipinski definition) is 8. The van der Waals surface area contributed by atoms with Crippen molar-refractivity contribution >= 4 is 58.1 Å². The van der Waals surface area contributed by atoms with E-state index in [1.165, 1.54) is 5.19 Å². The molecule has 3 aliphatic rings. The molecule has 3 heterocycles. The fourth-order valence-electron chi connectivity index (χ4n) is 9.49. The Bertz CT molecular complexity index is 2080. The number of halogens is 1. The Labute approximate surface area is 345 Å². The summed E-state index contributed by atoms with van der Waals surface area (Å²) in [6.45, 7) is 10.3. The van der Waals surface area contributed by atoms with Crippen LogP contribution in [-0.2, 0) is 32.9 Å². The third kappa shape index (κ3) is 7.56. The highest BCUT2D eigenvalue weighted by Gasteiger charge is 2.66. The van der Waals surface area contributed by atoms with Gasteiger partial charge in [-0.3, -0.25) is 14.5 Å². The van der Waals surface area contributed by atoms with Crippen molar-refractivity contribution in [2.45, 2.75) is 82.5 Å². The average molecular weight is 857 g/mol. The molecule has 12 heteroatoms. The van der Waals surface area contributed by atoms with Crippen LogP contribution in [0.15, 0.2) is 89.4 Å². The summed E-state index contributed by atoms with van der Waals surface area (Å²) in [6, 6.07) is 27.6. The SMILES string of the molecule is CCOc1ccc2c(c1)CC(NCCCCO)C(=O)N2c1ccc(CN2C(=O)[C@]3(O[C@H](CCO)[C@@H]([Si](C)(C)c4ccc(OC)cc4)[C@@H]3C)c3cc(Br)ccc32)cc1. The van der Waals surface area contributed by atoms with Gasteiger partial charge in [0.15, 0.2) is 5.60 Å². The summed E-state index contributed by atoms with van der Waals surface area (Å²) >= 11 is 3.69. The smallest absolute Gasteiger partial charge is 0.264 e. The van der Waals surface area contributed by atoms with E-state index in [9.17, 15) is 15.0 Å². The maximum absolute atomic E-state index is 15.1. The number of benzene rings is 4. The lowest BCUT2D eigenvalue weighted by Gasteiger charge is -2.37. The number of aliphatic hydroxyl groups is 2. The van der Waals surface area contributed by atoms with E-state index in [1.54, 1.807) is 12.0 Å². The van der Waals surface area contributed by atoms with Crippen LogP contribution in [0.3, 0.4) is 0 Å². The minimum atomic E-state index is -2.31. The van der Waals surface area contributed by atoms with Crippen molar-refractivity contribution in [1.29, 1.82) is 0 Å². The van der Waals surface area contributed by atoms with Gasteiger partial charge in [-0.25, -0.2) is 0 Å². The molecule has 3 aliphatic heterocycles. The molecule has 10 nitrogen and oxygen atoms in total. The number of rotatable bonds is 15. The quantitative estimate of drug-likeness (QED) is 0.0869. The van der Waals surface area contributed by atoms with Gasteiger partial charge in [-0.1, -0.05) is 65.4 Å². The predicted octanol–water partition coefficient (Wildman–Crippen LogP) is 6.95. The van der Waals surface area contributed by atoms with Crippen molar-refractivity contribution in [2.24, 2.45) is 5.92 Å². The van der Waals surface area contributed by atoms with Gasteiger partial charge in [0.25, 0.3) is 5.91 Å². The number of unbranched alkanes of at least 4 members (excludes halogenated alkanes) is 1. The highest BCUT2D eigenvalue weighted by atomic mass is 79.9. The number of fused-ring (bicyclic) bond motifs is 3. The first-order valence-electron chi connectivity index (χ1n) is 20.1. The second-order valence-corrected chi connectivity index (χ2v) is 21.5. The molecule has 302 valence electrons. The molecule has 0 bridgehead atoms. The molecule has 0 aliphatic carbocycles. The van der Waals surface area contributed by atoms with Crippen LogP contribution < -0.4 is 29.8 Å². The first-order valence-corrected chi connectivity index (χ1v) is 23.9. The lowest BCUT2D eigenvalue weighted by atomic mass is 9.82. The number of carbonyl (C=O) groups is 2. The van der Waals surface area contributed by atoms with Crippen LogP contribution in [0.25, 0.3) is 0 Å². The van der Waals surface area contributed by atoms with Crippen molar-refractivity contribution < 1.29 is 34.0 Å². The van der Waals surface area contributed by atoms with Crippen LogP contribution in [0, 0.1) is 5.92 Å². The summed E-state index contributed by atoms with van der Waals surface area (Å²) in [4.78, 5) is 32.8. The Morgan fingerprint density at radius 3 is 2.33 bits per heavy atom. The molecule has 0 radical (unpaired) electrons. The zero-order valence-electron chi connectivity index (χ0n) is 33.5. The number of methoxy groups -OCH3 is 1. The average Bonchev–Trinajstić information content (AvgIpc) is 3.63. The van der Waals surface area contributed by atoms with Crippen molar-refractivity contribution in [2.75, 3.05) is 43.3 Å². The molecule has 5 atom stereocenters. The molecule has 3 N–H and O–H groups in total. The number of nitrogens with one attached hydrogen (secondary N) is 1. The summed E-state index contributed by atoms with van der Waals surface area (Å²) in [6.07, 6.45) is 2.10. The zero-order valence-corrected chi connectivity index (χ0v) is 36.1. The maximum atomic E-state index is 15.1. The molecule has 1 fully saturated rings. The topological polar surface area (TPSA) is 121 Å². The van der Waals surface area contributed by atoms with Crippen LogP contribution in [0.1, 0.15) is 49.8 Å². The van der Waals surface area contributed by atoms with Gasteiger partial charge in [-0.15, -0.1) is 0 Å². The number of ether oxygens (including phenoxy) is 3. The predicted molar refractivity (Wildman–Crippen MR) is 230 cm³/mol. The van der Waals surface area contributed by atoms with Crippen molar-refractivity contribution in [1.82, 2.24) is 5.32 Å². The third-order valence-corrected chi connectivity index (χ3v) is 17.1. The molecular weight excluding hydrogens is 802 g/mol. The van der Waals surface area contributed by atoms with Crippen molar-refractivity contribution in [3.63, 3.8) is 0 Å². The van der Waals surface area contributed by atoms with E-state index in [2.05, 4.69) is 53.4 Å². The summed E-state index contributed by atoms with van der Waals surface area (Å²) < 4.78 is 19.2. The molecule has 7 rings (SSSR count). The summed E-state index contributed by atoms with van der Waals surface area (Å²) in [5.74, 6) is 1.24. The molecular formula is C45H54BrN3O7Si. The van der Waals surface area contributed by atoms with E-state index in [0.717, 1.165) is 56.1 Å². The van der Waals surface area contributed by atoms with Gasteiger partial charge in [0, 0.05) is 34.9 Å². The number of aliphatic hydroxyl groups excluding tert-OH is 2. The molecule has 1 unspecified atom stereocenters. The van der Waals surface area contributed by atoms with E-state index in [1.807, 2.05) is 84.6 Å². The zero-order chi connectivity index (χ0) is 40.5. The van der Waals surface area contributed by atoms with Gasteiger partial charge >= 0.3 is 0 Å². The monoisotopic (exact) mass is 855 g/mol. The van der Waals surface area contributed by atoms with Crippen molar-refractivity contribution in [3.05, 3.63) is 106 Å². The Balaban J connectivity index is 1.19. The normalized spacial score (nSPS) is 22.9.